The highest BCUT2D eigenvalue weighted by atomic mass is 35.5. The first-order chi connectivity index (χ1) is 10.7. The van der Waals surface area contributed by atoms with E-state index in [9.17, 15) is 0 Å². The summed E-state index contributed by atoms with van der Waals surface area (Å²) >= 11 is 5.93. The summed E-state index contributed by atoms with van der Waals surface area (Å²) in [6.07, 6.45) is 6.85. The van der Waals surface area contributed by atoms with Gasteiger partial charge in [0.1, 0.15) is 22.9 Å². The molecule has 0 aromatic carbocycles. The predicted octanol–water partition coefficient (Wildman–Crippen LogP) is 3.77. The lowest BCUT2D eigenvalue weighted by Gasteiger charge is -2.13. The van der Waals surface area contributed by atoms with Gasteiger partial charge in [0.05, 0.1) is 0 Å². The second-order valence-corrected chi connectivity index (χ2v) is 5.89. The minimum Gasteiger partial charge on any atom is -0.474 e. The molecule has 2 heterocycles. The van der Waals surface area contributed by atoms with Crippen molar-refractivity contribution in [3.05, 3.63) is 40.9 Å². The van der Waals surface area contributed by atoms with E-state index >= 15 is 0 Å². The van der Waals surface area contributed by atoms with Crippen LogP contribution in [0, 0.1) is 6.92 Å². The molecule has 0 atom stereocenters. The highest BCUT2D eigenvalue weighted by Gasteiger charge is 2.16. The standard InChI is InChI=1S/C16H19ClN4O/c1-11-20-14(17)9-15(21-11)19-10-12-6-7-18-16(8-12)22-13-4-2-3-5-13/h6-9,13H,2-5,10H2,1H3,(H,19,20,21). The van der Waals surface area contributed by atoms with Crippen molar-refractivity contribution in [2.75, 3.05) is 5.32 Å². The van der Waals surface area contributed by atoms with Crippen molar-refractivity contribution in [1.82, 2.24) is 15.0 Å². The summed E-state index contributed by atoms with van der Waals surface area (Å²) in [7, 11) is 0. The molecule has 1 aliphatic rings. The van der Waals surface area contributed by atoms with Gasteiger partial charge in [0.25, 0.3) is 0 Å². The van der Waals surface area contributed by atoms with Crippen LogP contribution in [-0.4, -0.2) is 21.1 Å². The highest BCUT2D eigenvalue weighted by Crippen LogP contribution is 2.23. The molecule has 1 saturated carbocycles. The molecule has 22 heavy (non-hydrogen) atoms. The van der Waals surface area contributed by atoms with E-state index in [1.54, 1.807) is 12.3 Å². The van der Waals surface area contributed by atoms with E-state index in [0.717, 1.165) is 18.4 Å². The molecule has 1 N–H and O–H groups in total. The molecule has 0 saturated heterocycles. The van der Waals surface area contributed by atoms with E-state index in [2.05, 4.69) is 20.3 Å². The number of hydrogen-bond acceptors (Lipinski definition) is 5. The first-order valence-electron chi connectivity index (χ1n) is 7.56. The molecule has 0 bridgehead atoms. The summed E-state index contributed by atoms with van der Waals surface area (Å²) in [6.45, 7) is 2.45. The van der Waals surface area contributed by atoms with Gasteiger partial charge in [-0.15, -0.1) is 0 Å². The Morgan fingerprint density at radius 2 is 2.09 bits per heavy atom. The quantitative estimate of drug-likeness (QED) is 0.850. The molecule has 116 valence electrons. The van der Waals surface area contributed by atoms with Crippen molar-refractivity contribution >= 4 is 17.4 Å². The van der Waals surface area contributed by atoms with Crippen LogP contribution in [0.3, 0.4) is 0 Å². The molecule has 1 fully saturated rings. The number of ether oxygens (including phenoxy) is 1. The van der Waals surface area contributed by atoms with Gasteiger partial charge < -0.3 is 10.1 Å². The number of aryl methyl sites for hydroxylation is 1. The van der Waals surface area contributed by atoms with E-state index in [4.69, 9.17) is 16.3 Å². The van der Waals surface area contributed by atoms with Crippen LogP contribution in [0.25, 0.3) is 0 Å². The number of hydrogen-bond donors (Lipinski definition) is 1. The number of anilines is 1. The number of nitrogens with zero attached hydrogens (tertiary/aromatic N) is 3. The summed E-state index contributed by atoms with van der Waals surface area (Å²) in [6, 6.07) is 5.65. The third-order valence-corrected chi connectivity index (χ3v) is 3.86. The van der Waals surface area contributed by atoms with Crippen LogP contribution in [0.4, 0.5) is 5.82 Å². The summed E-state index contributed by atoms with van der Waals surface area (Å²) in [5.41, 5.74) is 1.09. The summed E-state index contributed by atoms with van der Waals surface area (Å²) < 4.78 is 5.92. The normalized spacial score (nSPS) is 15.0. The molecule has 3 rings (SSSR count). The SMILES string of the molecule is Cc1nc(Cl)cc(NCc2ccnc(OC3CCCC3)c2)n1. The molecular formula is C16H19ClN4O. The fraction of sp³-hybridized carbons (Fsp3) is 0.438. The molecule has 0 radical (unpaired) electrons. The minimum atomic E-state index is 0.319. The Labute approximate surface area is 135 Å². The van der Waals surface area contributed by atoms with Crippen LogP contribution >= 0.6 is 11.6 Å². The molecule has 0 amide bonds. The Morgan fingerprint density at radius 3 is 2.86 bits per heavy atom. The van der Waals surface area contributed by atoms with Crippen molar-refractivity contribution in [1.29, 1.82) is 0 Å². The minimum absolute atomic E-state index is 0.319. The smallest absolute Gasteiger partial charge is 0.213 e. The fourth-order valence-corrected chi connectivity index (χ4v) is 2.84. The van der Waals surface area contributed by atoms with Crippen molar-refractivity contribution in [2.24, 2.45) is 0 Å². The number of pyridine rings is 1. The van der Waals surface area contributed by atoms with E-state index in [1.807, 2.05) is 19.1 Å². The maximum Gasteiger partial charge on any atom is 0.213 e. The largest absolute Gasteiger partial charge is 0.474 e. The zero-order valence-corrected chi connectivity index (χ0v) is 13.3. The van der Waals surface area contributed by atoms with Gasteiger partial charge >= 0.3 is 0 Å². The van der Waals surface area contributed by atoms with Gasteiger partial charge in [-0.1, -0.05) is 11.6 Å². The number of aromatic nitrogens is 3. The van der Waals surface area contributed by atoms with Gasteiger partial charge in [0.2, 0.25) is 5.88 Å². The molecule has 1 aliphatic carbocycles. The Balaban J connectivity index is 1.62. The van der Waals surface area contributed by atoms with Crippen LogP contribution < -0.4 is 10.1 Å². The average molecular weight is 319 g/mol. The zero-order valence-electron chi connectivity index (χ0n) is 12.6. The third kappa shape index (κ3) is 4.07. The van der Waals surface area contributed by atoms with E-state index in [1.165, 1.54) is 12.8 Å². The van der Waals surface area contributed by atoms with Crippen LogP contribution in [0.5, 0.6) is 5.88 Å². The molecule has 5 nitrogen and oxygen atoms in total. The molecule has 0 spiro atoms. The lowest BCUT2D eigenvalue weighted by atomic mass is 10.2. The summed E-state index contributed by atoms with van der Waals surface area (Å²) in [5.74, 6) is 2.06. The fourth-order valence-electron chi connectivity index (χ4n) is 2.62. The molecule has 6 heteroatoms. The maximum absolute atomic E-state index is 5.93. The second kappa shape index (κ2) is 6.92. The highest BCUT2D eigenvalue weighted by molar-refractivity contribution is 6.29. The van der Waals surface area contributed by atoms with Crippen molar-refractivity contribution in [3.63, 3.8) is 0 Å². The molecule has 2 aromatic rings. The maximum atomic E-state index is 5.93. The number of nitrogens with one attached hydrogen (secondary N) is 1. The van der Waals surface area contributed by atoms with E-state index in [0.29, 0.717) is 35.3 Å². The van der Waals surface area contributed by atoms with Gasteiger partial charge in [0, 0.05) is 24.9 Å². The van der Waals surface area contributed by atoms with Crippen LogP contribution in [0.1, 0.15) is 37.1 Å². The van der Waals surface area contributed by atoms with Crippen LogP contribution in [0.15, 0.2) is 24.4 Å². The molecule has 0 aliphatic heterocycles. The first kappa shape index (κ1) is 15.0. The second-order valence-electron chi connectivity index (χ2n) is 5.50. The predicted molar refractivity (Wildman–Crippen MR) is 86.2 cm³/mol. The lowest BCUT2D eigenvalue weighted by molar-refractivity contribution is 0.201. The summed E-state index contributed by atoms with van der Waals surface area (Å²) in [4.78, 5) is 12.6. The van der Waals surface area contributed by atoms with E-state index < -0.39 is 0 Å². The van der Waals surface area contributed by atoms with Crippen molar-refractivity contribution in [2.45, 2.75) is 45.3 Å². The average Bonchev–Trinajstić information content (AvgIpc) is 2.97. The topological polar surface area (TPSA) is 59.9 Å². The van der Waals surface area contributed by atoms with Crippen molar-refractivity contribution < 1.29 is 4.74 Å². The Hall–Kier alpha value is -1.88. The van der Waals surface area contributed by atoms with Crippen molar-refractivity contribution in [3.8, 4) is 5.88 Å². The van der Waals surface area contributed by atoms with Gasteiger partial charge in [0.15, 0.2) is 0 Å². The monoisotopic (exact) mass is 318 g/mol. The summed E-state index contributed by atoms with van der Waals surface area (Å²) in [5, 5.41) is 3.68. The molecule has 2 aromatic heterocycles. The first-order valence-corrected chi connectivity index (χ1v) is 7.93. The Bertz CT molecular complexity index is 624. The van der Waals surface area contributed by atoms with Gasteiger partial charge in [-0.05, 0) is 44.2 Å². The molecular weight excluding hydrogens is 300 g/mol. The lowest BCUT2D eigenvalue weighted by Crippen LogP contribution is -2.12. The van der Waals surface area contributed by atoms with Gasteiger partial charge in [-0.2, -0.15) is 0 Å². The number of rotatable bonds is 5. The van der Waals surface area contributed by atoms with Gasteiger partial charge in [-0.3, -0.25) is 0 Å². The Kier molecular flexibility index (Phi) is 4.73. The van der Waals surface area contributed by atoms with E-state index in [-0.39, 0.29) is 0 Å². The van der Waals surface area contributed by atoms with Crippen LogP contribution in [0.2, 0.25) is 5.15 Å². The molecule has 0 unspecified atom stereocenters. The van der Waals surface area contributed by atoms with Crippen LogP contribution in [-0.2, 0) is 6.54 Å². The van der Waals surface area contributed by atoms with Gasteiger partial charge in [-0.25, -0.2) is 15.0 Å². The zero-order chi connectivity index (χ0) is 15.4. The Morgan fingerprint density at radius 1 is 1.27 bits per heavy atom. The third-order valence-electron chi connectivity index (χ3n) is 3.67. The number of halogens is 1.